The number of ketones is 1. The summed E-state index contributed by atoms with van der Waals surface area (Å²) in [7, 11) is 0. The van der Waals surface area contributed by atoms with Gasteiger partial charge >= 0.3 is 0 Å². The largest absolute Gasteiger partial charge is 0.294 e. The summed E-state index contributed by atoms with van der Waals surface area (Å²) in [5, 5.41) is 12.9. The minimum atomic E-state index is 0.206. The number of aromatic nitrogens is 2. The van der Waals surface area contributed by atoms with E-state index in [-0.39, 0.29) is 5.78 Å². The second kappa shape index (κ2) is 3.85. The molecule has 2 rings (SSSR count). The van der Waals surface area contributed by atoms with Crippen LogP contribution in [0.2, 0.25) is 0 Å². The molecule has 1 heterocycles. The smallest absolute Gasteiger partial charge is 0.166 e. The van der Waals surface area contributed by atoms with Crippen LogP contribution < -0.4 is 0 Å². The predicted molar refractivity (Wildman–Crippen MR) is 54.5 cm³/mol. The van der Waals surface area contributed by atoms with Crippen molar-refractivity contribution in [3.8, 4) is 6.07 Å². The maximum Gasteiger partial charge on any atom is 0.166 e. The molecule has 78 valence electrons. The second-order valence-electron chi connectivity index (χ2n) is 3.82. The molecule has 0 saturated carbocycles. The van der Waals surface area contributed by atoms with E-state index >= 15 is 0 Å². The Bertz CT molecular complexity index is 439. The number of rotatable bonds is 2. The van der Waals surface area contributed by atoms with Crippen LogP contribution in [-0.4, -0.2) is 15.6 Å². The van der Waals surface area contributed by atoms with Crippen molar-refractivity contribution in [3.63, 3.8) is 0 Å². The van der Waals surface area contributed by atoms with E-state index in [1.807, 2.05) is 11.6 Å². The molecule has 4 nitrogen and oxygen atoms in total. The average Bonchev–Trinajstić information content (AvgIpc) is 2.54. The normalized spacial score (nSPS) is 14.8. The Labute approximate surface area is 88.5 Å². The Balaban J connectivity index is 2.38. The monoisotopic (exact) mass is 203 g/mol. The molecule has 0 bridgehead atoms. The third-order valence-corrected chi connectivity index (χ3v) is 2.76. The fourth-order valence-electron chi connectivity index (χ4n) is 2.13. The van der Waals surface area contributed by atoms with Crippen LogP contribution in [-0.2, 0) is 13.0 Å². The van der Waals surface area contributed by atoms with E-state index < -0.39 is 0 Å². The molecule has 15 heavy (non-hydrogen) atoms. The number of carbonyl (C=O) groups is 1. The molecule has 0 atom stereocenters. The van der Waals surface area contributed by atoms with E-state index in [0.29, 0.717) is 19.4 Å². The van der Waals surface area contributed by atoms with Crippen molar-refractivity contribution < 1.29 is 4.79 Å². The van der Waals surface area contributed by atoms with Gasteiger partial charge in [0.15, 0.2) is 5.78 Å². The maximum atomic E-state index is 11.7. The summed E-state index contributed by atoms with van der Waals surface area (Å²) in [5.41, 5.74) is 2.64. The van der Waals surface area contributed by atoms with Crippen molar-refractivity contribution >= 4 is 5.78 Å². The summed E-state index contributed by atoms with van der Waals surface area (Å²) in [5.74, 6) is 0.206. The number of fused-ring (bicyclic) bond motifs is 1. The summed E-state index contributed by atoms with van der Waals surface area (Å²) in [6.45, 7) is 2.46. The molecule has 1 aromatic heterocycles. The molecule has 0 aliphatic heterocycles. The maximum absolute atomic E-state index is 11.7. The fourth-order valence-corrected chi connectivity index (χ4v) is 2.13. The number of carbonyl (C=O) groups excluding carboxylic acids is 1. The van der Waals surface area contributed by atoms with Crippen molar-refractivity contribution in [2.75, 3.05) is 0 Å². The number of Topliss-reactive ketones (excluding diaryl/α,β-unsaturated/α-hetero) is 1. The average molecular weight is 203 g/mol. The number of nitrogens with zero attached hydrogens (tertiary/aromatic N) is 3. The zero-order valence-corrected chi connectivity index (χ0v) is 8.79. The van der Waals surface area contributed by atoms with Gasteiger partial charge in [0, 0.05) is 12.1 Å². The van der Waals surface area contributed by atoms with Gasteiger partial charge in [-0.15, -0.1) is 0 Å². The highest BCUT2D eigenvalue weighted by Gasteiger charge is 2.24. The van der Waals surface area contributed by atoms with E-state index in [1.165, 1.54) is 0 Å². The first-order valence-electron chi connectivity index (χ1n) is 5.20. The standard InChI is InChI=1S/C11H13N3O/c1-8-11-9(4-2-5-10(11)15)14(13-8)7-3-6-12/h2-5,7H2,1H3. The summed E-state index contributed by atoms with van der Waals surface area (Å²) < 4.78 is 1.82. The molecule has 0 unspecified atom stereocenters. The third kappa shape index (κ3) is 1.65. The number of hydrogen-bond acceptors (Lipinski definition) is 3. The molecule has 1 aromatic rings. The molecule has 0 saturated heterocycles. The lowest BCUT2D eigenvalue weighted by Crippen LogP contribution is -2.14. The molecule has 0 aromatic carbocycles. The van der Waals surface area contributed by atoms with Crippen LogP contribution in [0.5, 0.6) is 0 Å². The quantitative estimate of drug-likeness (QED) is 0.733. The van der Waals surface area contributed by atoms with E-state index in [2.05, 4.69) is 11.2 Å². The number of hydrogen-bond donors (Lipinski definition) is 0. The Kier molecular flexibility index (Phi) is 2.55. The Morgan fingerprint density at radius 1 is 1.53 bits per heavy atom. The van der Waals surface area contributed by atoms with Gasteiger partial charge in [-0.2, -0.15) is 10.4 Å². The van der Waals surface area contributed by atoms with Gasteiger partial charge in [-0.05, 0) is 19.8 Å². The zero-order valence-electron chi connectivity index (χ0n) is 8.79. The van der Waals surface area contributed by atoms with Crippen LogP contribution in [0.4, 0.5) is 0 Å². The molecule has 1 aliphatic rings. The highest BCUT2D eigenvalue weighted by Crippen LogP contribution is 2.24. The highest BCUT2D eigenvalue weighted by molar-refractivity contribution is 5.99. The van der Waals surface area contributed by atoms with Gasteiger partial charge in [0.05, 0.1) is 30.3 Å². The van der Waals surface area contributed by atoms with Crippen molar-refractivity contribution in [1.82, 2.24) is 9.78 Å². The molecule has 4 heteroatoms. The first-order chi connectivity index (χ1) is 7.24. The van der Waals surface area contributed by atoms with E-state index in [9.17, 15) is 4.79 Å². The Morgan fingerprint density at radius 3 is 3.07 bits per heavy atom. The SMILES string of the molecule is Cc1nn(CCC#N)c2c1C(=O)CCC2. The molecule has 0 N–H and O–H groups in total. The van der Waals surface area contributed by atoms with Crippen LogP contribution in [0, 0.1) is 18.3 Å². The van der Waals surface area contributed by atoms with Crippen molar-refractivity contribution in [2.24, 2.45) is 0 Å². The van der Waals surface area contributed by atoms with Crippen molar-refractivity contribution in [2.45, 2.75) is 39.2 Å². The van der Waals surface area contributed by atoms with Crippen molar-refractivity contribution in [3.05, 3.63) is 17.0 Å². The lowest BCUT2D eigenvalue weighted by molar-refractivity contribution is 0.0971. The van der Waals surface area contributed by atoms with Crippen LogP contribution in [0.25, 0.3) is 0 Å². The van der Waals surface area contributed by atoms with Gasteiger partial charge in [0.1, 0.15) is 0 Å². The molecule has 0 amide bonds. The highest BCUT2D eigenvalue weighted by atomic mass is 16.1. The Morgan fingerprint density at radius 2 is 2.33 bits per heavy atom. The summed E-state index contributed by atoms with van der Waals surface area (Å²) >= 11 is 0. The van der Waals surface area contributed by atoms with Gasteiger partial charge in [0.25, 0.3) is 0 Å². The molecule has 0 fully saturated rings. The van der Waals surface area contributed by atoms with Crippen LogP contribution in [0.1, 0.15) is 41.0 Å². The van der Waals surface area contributed by atoms with Gasteiger partial charge in [-0.3, -0.25) is 9.48 Å². The van der Waals surface area contributed by atoms with Crippen LogP contribution in [0.15, 0.2) is 0 Å². The minimum Gasteiger partial charge on any atom is -0.294 e. The summed E-state index contributed by atoms with van der Waals surface area (Å²) in [6.07, 6.45) is 2.90. The first kappa shape index (κ1) is 9.91. The molecular weight excluding hydrogens is 190 g/mol. The number of nitriles is 1. The van der Waals surface area contributed by atoms with Gasteiger partial charge < -0.3 is 0 Å². The van der Waals surface area contributed by atoms with Crippen molar-refractivity contribution in [1.29, 1.82) is 5.26 Å². The molecule has 0 spiro atoms. The van der Waals surface area contributed by atoms with Gasteiger partial charge in [-0.1, -0.05) is 0 Å². The predicted octanol–water partition coefficient (Wildman–Crippen LogP) is 1.62. The van der Waals surface area contributed by atoms with Gasteiger partial charge in [0.2, 0.25) is 0 Å². The van der Waals surface area contributed by atoms with E-state index in [4.69, 9.17) is 5.26 Å². The summed E-state index contributed by atoms with van der Waals surface area (Å²) in [4.78, 5) is 11.7. The second-order valence-corrected chi connectivity index (χ2v) is 3.82. The van der Waals surface area contributed by atoms with E-state index in [0.717, 1.165) is 29.8 Å². The molecular formula is C11H13N3O. The Hall–Kier alpha value is -1.63. The fraction of sp³-hybridized carbons (Fsp3) is 0.545. The lowest BCUT2D eigenvalue weighted by atomic mass is 9.95. The van der Waals surface area contributed by atoms with Crippen LogP contribution >= 0.6 is 0 Å². The number of aryl methyl sites for hydroxylation is 2. The molecule has 0 radical (unpaired) electrons. The van der Waals surface area contributed by atoms with E-state index in [1.54, 1.807) is 0 Å². The minimum absolute atomic E-state index is 0.206. The lowest BCUT2D eigenvalue weighted by Gasteiger charge is -2.12. The topological polar surface area (TPSA) is 58.7 Å². The molecule has 1 aliphatic carbocycles. The zero-order chi connectivity index (χ0) is 10.8. The van der Waals surface area contributed by atoms with Gasteiger partial charge in [-0.25, -0.2) is 0 Å². The first-order valence-corrected chi connectivity index (χ1v) is 5.20. The third-order valence-electron chi connectivity index (χ3n) is 2.76. The summed E-state index contributed by atoms with van der Waals surface area (Å²) in [6, 6.07) is 2.10. The van der Waals surface area contributed by atoms with Crippen LogP contribution in [0.3, 0.4) is 0 Å².